The molecule has 2 aromatic rings. The SMILES string of the molecule is Cc1cc(S(=O)(=O)N2C[C@@H](CN)[C@H](c3ccccc3)C2)c(Cl)cc1F.Cl. The first-order chi connectivity index (χ1) is 11.8. The lowest BCUT2D eigenvalue weighted by Gasteiger charge is -2.18. The van der Waals surface area contributed by atoms with E-state index in [1.54, 1.807) is 0 Å². The molecule has 4 nitrogen and oxygen atoms in total. The standard InChI is InChI=1S/C18H20ClFN2O2S.ClH/c1-12-7-18(16(19)8-17(12)20)25(23,24)22-10-14(9-21)15(11-22)13-5-3-2-4-6-13;/h2-8,14-15H,9-11,21H2,1H3;1H/t14-,15+;/m1./s1. The first-order valence-corrected chi connectivity index (χ1v) is 9.87. The van der Waals surface area contributed by atoms with Crippen LogP contribution >= 0.6 is 24.0 Å². The smallest absolute Gasteiger partial charge is 0.244 e. The topological polar surface area (TPSA) is 63.4 Å². The van der Waals surface area contributed by atoms with Gasteiger partial charge in [0.05, 0.1) is 5.02 Å². The van der Waals surface area contributed by atoms with Crippen molar-refractivity contribution in [2.45, 2.75) is 17.7 Å². The third-order valence-corrected chi connectivity index (χ3v) is 7.07. The van der Waals surface area contributed by atoms with Crippen molar-refractivity contribution in [3.63, 3.8) is 0 Å². The minimum atomic E-state index is -3.81. The highest BCUT2D eigenvalue weighted by Gasteiger charge is 2.40. The van der Waals surface area contributed by atoms with E-state index in [1.807, 2.05) is 30.3 Å². The molecule has 3 rings (SSSR count). The minimum absolute atomic E-state index is 0. The second-order valence-corrected chi connectivity index (χ2v) is 8.68. The van der Waals surface area contributed by atoms with E-state index in [4.69, 9.17) is 17.3 Å². The molecule has 1 aliphatic rings. The molecule has 2 N–H and O–H groups in total. The normalized spacial score (nSPS) is 20.8. The van der Waals surface area contributed by atoms with Crippen molar-refractivity contribution in [2.24, 2.45) is 11.7 Å². The number of hydrogen-bond donors (Lipinski definition) is 1. The lowest BCUT2D eigenvalue weighted by Crippen LogP contribution is -2.30. The zero-order valence-electron chi connectivity index (χ0n) is 14.2. The van der Waals surface area contributed by atoms with Gasteiger partial charge < -0.3 is 5.73 Å². The van der Waals surface area contributed by atoms with Crippen molar-refractivity contribution in [3.05, 3.63) is 64.4 Å². The minimum Gasteiger partial charge on any atom is -0.330 e. The lowest BCUT2D eigenvalue weighted by molar-refractivity contribution is 0.458. The average molecular weight is 419 g/mol. The van der Waals surface area contributed by atoms with E-state index >= 15 is 0 Å². The molecule has 1 aliphatic heterocycles. The number of aryl methyl sites for hydroxylation is 1. The highest BCUT2D eigenvalue weighted by atomic mass is 35.5. The molecule has 1 heterocycles. The number of halogens is 3. The molecular formula is C18H21Cl2FN2O2S. The number of sulfonamides is 1. The van der Waals surface area contributed by atoms with Gasteiger partial charge in [-0.15, -0.1) is 12.4 Å². The van der Waals surface area contributed by atoms with Gasteiger partial charge in [-0.25, -0.2) is 12.8 Å². The van der Waals surface area contributed by atoms with Crippen molar-refractivity contribution in [3.8, 4) is 0 Å². The Balaban J connectivity index is 0.00000243. The van der Waals surface area contributed by atoms with Crippen molar-refractivity contribution >= 4 is 34.0 Å². The van der Waals surface area contributed by atoms with Crippen LogP contribution in [-0.2, 0) is 10.0 Å². The molecule has 8 heteroatoms. The second-order valence-electron chi connectivity index (χ2n) is 6.37. The largest absolute Gasteiger partial charge is 0.330 e. The van der Waals surface area contributed by atoms with Gasteiger partial charge in [-0.3, -0.25) is 0 Å². The van der Waals surface area contributed by atoms with E-state index in [9.17, 15) is 12.8 Å². The molecule has 0 bridgehead atoms. The van der Waals surface area contributed by atoms with Gasteiger partial charge in [-0.1, -0.05) is 41.9 Å². The Kier molecular flexibility index (Phi) is 6.69. The first-order valence-electron chi connectivity index (χ1n) is 8.05. The Morgan fingerprint density at radius 3 is 2.50 bits per heavy atom. The predicted molar refractivity (Wildman–Crippen MR) is 104 cm³/mol. The molecule has 0 saturated carbocycles. The molecule has 2 atom stereocenters. The van der Waals surface area contributed by atoms with Crippen LogP contribution in [0.5, 0.6) is 0 Å². The number of nitrogens with two attached hydrogens (primary N) is 1. The van der Waals surface area contributed by atoms with Gasteiger partial charge in [0.25, 0.3) is 0 Å². The highest BCUT2D eigenvalue weighted by Crippen LogP contribution is 2.37. The Labute approximate surface area is 164 Å². The number of nitrogens with zero attached hydrogens (tertiary/aromatic N) is 1. The summed E-state index contributed by atoms with van der Waals surface area (Å²) in [4.78, 5) is -0.0578. The van der Waals surface area contributed by atoms with Crippen LogP contribution in [0.3, 0.4) is 0 Å². The quantitative estimate of drug-likeness (QED) is 0.824. The number of benzene rings is 2. The second kappa shape index (κ2) is 8.23. The van der Waals surface area contributed by atoms with E-state index in [1.165, 1.54) is 17.3 Å². The summed E-state index contributed by atoms with van der Waals surface area (Å²) < 4.78 is 41.1. The van der Waals surface area contributed by atoms with Crippen LogP contribution in [0.15, 0.2) is 47.4 Å². The molecule has 0 radical (unpaired) electrons. The molecule has 1 fully saturated rings. The molecule has 0 aromatic heterocycles. The van der Waals surface area contributed by atoms with Crippen molar-refractivity contribution in [1.82, 2.24) is 4.31 Å². The summed E-state index contributed by atoms with van der Waals surface area (Å²) in [7, 11) is -3.81. The van der Waals surface area contributed by atoms with Crippen LogP contribution in [0.1, 0.15) is 17.0 Å². The predicted octanol–water partition coefficient (Wildman–Crippen LogP) is 3.57. The molecule has 1 saturated heterocycles. The summed E-state index contributed by atoms with van der Waals surface area (Å²) in [5.41, 5.74) is 7.20. The Hall–Kier alpha value is -1.18. The molecule has 0 aliphatic carbocycles. The summed E-state index contributed by atoms with van der Waals surface area (Å²) in [5, 5.41) is -0.101. The van der Waals surface area contributed by atoms with E-state index in [0.717, 1.165) is 11.6 Å². The third-order valence-electron chi connectivity index (χ3n) is 4.77. The van der Waals surface area contributed by atoms with Gasteiger partial charge in [0.1, 0.15) is 10.7 Å². The van der Waals surface area contributed by atoms with E-state index in [2.05, 4.69) is 0 Å². The van der Waals surface area contributed by atoms with Gasteiger partial charge in [0.15, 0.2) is 0 Å². The zero-order valence-corrected chi connectivity index (χ0v) is 16.6. The van der Waals surface area contributed by atoms with Gasteiger partial charge in [0, 0.05) is 19.0 Å². The van der Waals surface area contributed by atoms with Crippen LogP contribution < -0.4 is 5.73 Å². The Bertz CT molecular complexity index is 878. The molecule has 26 heavy (non-hydrogen) atoms. The van der Waals surface area contributed by atoms with Crippen molar-refractivity contribution < 1.29 is 12.8 Å². The summed E-state index contributed by atoms with van der Waals surface area (Å²) in [6.45, 7) is 2.57. The summed E-state index contributed by atoms with van der Waals surface area (Å²) in [6.07, 6.45) is 0. The fourth-order valence-corrected chi connectivity index (χ4v) is 5.41. The van der Waals surface area contributed by atoms with Gasteiger partial charge in [0.2, 0.25) is 10.0 Å². The number of hydrogen-bond acceptors (Lipinski definition) is 3. The van der Waals surface area contributed by atoms with Gasteiger partial charge in [-0.2, -0.15) is 4.31 Å². The van der Waals surface area contributed by atoms with Crippen LogP contribution in [0.4, 0.5) is 4.39 Å². The van der Waals surface area contributed by atoms with Crippen LogP contribution in [0.25, 0.3) is 0 Å². The van der Waals surface area contributed by atoms with E-state index in [-0.39, 0.29) is 39.7 Å². The number of rotatable bonds is 4. The maximum Gasteiger partial charge on any atom is 0.244 e. The monoisotopic (exact) mass is 418 g/mol. The third kappa shape index (κ3) is 3.89. The summed E-state index contributed by atoms with van der Waals surface area (Å²) in [6, 6.07) is 12.1. The summed E-state index contributed by atoms with van der Waals surface area (Å²) >= 11 is 6.02. The average Bonchev–Trinajstić information content (AvgIpc) is 3.04. The highest BCUT2D eigenvalue weighted by molar-refractivity contribution is 7.89. The van der Waals surface area contributed by atoms with Gasteiger partial charge in [-0.05, 0) is 42.6 Å². The molecule has 0 spiro atoms. The van der Waals surface area contributed by atoms with Crippen LogP contribution in [0, 0.1) is 18.7 Å². The fourth-order valence-electron chi connectivity index (χ4n) is 3.31. The zero-order chi connectivity index (χ0) is 18.2. The summed E-state index contributed by atoms with van der Waals surface area (Å²) in [5.74, 6) is -0.467. The van der Waals surface area contributed by atoms with Gasteiger partial charge >= 0.3 is 0 Å². The van der Waals surface area contributed by atoms with Crippen molar-refractivity contribution in [1.29, 1.82) is 0 Å². The maximum absolute atomic E-state index is 13.6. The van der Waals surface area contributed by atoms with Crippen molar-refractivity contribution in [2.75, 3.05) is 19.6 Å². The van der Waals surface area contributed by atoms with E-state index in [0.29, 0.717) is 19.6 Å². The lowest BCUT2D eigenvalue weighted by atomic mass is 9.89. The Morgan fingerprint density at radius 1 is 1.23 bits per heavy atom. The van der Waals surface area contributed by atoms with Crippen LogP contribution in [-0.4, -0.2) is 32.4 Å². The Morgan fingerprint density at radius 2 is 1.88 bits per heavy atom. The molecule has 142 valence electrons. The van der Waals surface area contributed by atoms with Crippen LogP contribution in [0.2, 0.25) is 5.02 Å². The van der Waals surface area contributed by atoms with E-state index < -0.39 is 15.8 Å². The molecule has 0 amide bonds. The fraction of sp³-hybridized carbons (Fsp3) is 0.333. The molecule has 0 unspecified atom stereocenters. The molecular weight excluding hydrogens is 398 g/mol. The maximum atomic E-state index is 13.6. The first kappa shape index (κ1) is 21.1. The molecule has 2 aromatic carbocycles.